The van der Waals surface area contributed by atoms with Crippen molar-refractivity contribution in [1.82, 2.24) is 4.90 Å². The summed E-state index contributed by atoms with van der Waals surface area (Å²) in [6.45, 7) is 6.27. The molecule has 0 radical (unpaired) electrons. The van der Waals surface area contributed by atoms with Crippen molar-refractivity contribution in [3.63, 3.8) is 0 Å². The minimum absolute atomic E-state index is 1.25. The molecule has 0 unspecified atom stereocenters. The summed E-state index contributed by atoms with van der Waals surface area (Å²) in [5, 5.41) is 0. The summed E-state index contributed by atoms with van der Waals surface area (Å²) in [4.78, 5) is 2.68. The van der Waals surface area contributed by atoms with Gasteiger partial charge in [-0.2, -0.15) is 0 Å². The number of nitrogens with zero attached hydrogens (tertiary/aromatic N) is 1. The summed E-state index contributed by atoms with van der Waals surface area (Å²) >= 11 is 0. The molecule has 0 bridgehead atoms. The van der Waals surface area contributed by atoms with Crippen molar-refractivity contribution in [3.8, 4) is 0 Å². The van der Waals surface area contributed by atoms with Gasteiger partial charge in [0.2, 0.25) is 0 Å². The van der Waals surface area contributed by atoms with Gasteiger partial charge in [0, 0.05) is 0 Å². The zero-order chi connectivity index (χ0) is 15.7. The first-order valence-corrected chi connectivity index (χ1v) is 10.7. The van der Waals surface area contributed by atoms with Gasteiger partial charge in [-0.15, -0.1) is 0 Å². The molecule has 132 valence electrons. The van der Waals surface area contributed by atoms with E-state index in [-0.39, 0.29) is 0 Å². The second-order valence-corrected chi connectivity index (χ2v) is 7.44. The fourth-order valence-electron chi connectivity index (χ4n) is 3.75. The van der Waals surface area contributed by atoms with Gasteiger partial charge < -0.3 is 4.90 Å². The van der Waals surface area contributed by atoms with Crippen molar-refractivity contribution in [1.29, 1.82) is 0 Å². The molecule has 1 rings (SSSR count). The highest BCUT2D eigenvalue weighted by molar-refractivity contribution is 4.58. The normalized spacial score (nSPS) is 23.9. The van der Waals surface area contributed by atoms with Crippen molar-refractivity contribution in [2.75, 3.05) is 19.6 Å². The number of rotatable bonds is 1. The van der Waals surface area contributed by atoms with E-state index in [4.69, 9.17) is 0 Å². The minimum atomic E-state index is 1.25. The van der Waals surface area contributed by atoms with Crippen molar-refractivity contribution in [2.45, 2.75) is 116 Å². The van der Waals surface area contributed by atoms with Crippen LogP contribution in [0.1, 0.15) is 116 Å². The Kier molecular flexibility index (Phi) is 14.4. The molecule has 0 aromatic rings. The molecule has 1 nitrogen and oxygen atoms in total. The van der Waals surface area contributed by atoms with E-state index < -0.39 is 0 Å². The van der Waals surface area contributed by atoms with Gasteiger partial charge in [-0.25, -0.2) is 0 Å². The predicted octanol–water partition coefficient (Wildman–Crippen LogP) is 6.95. The molecule has 1 heteroatoms. The van der Waals surface area contributed by atoms with Crippen LogP contribution in [0.2, 0.25) is 0 Å². The van der Waals surface area contributed by atoms with Crippen LogP contribution in [0.3, 0.4) is 0 Å². The smallest absolute Gasteiger partial charge is 0.00189 e. The van der Waals surface area contributed by atoms with E-state index in [1.165, 1.54) is 129 Å². The SMILES string of the molecule is CCN1CCCCCCCCCCCCCCCCCCC1. The van der Waals surface area contributed by atoms with E-state index in [1.54, 1.807) is 0 Å². The molecule has 0 aromatic carbocycles. The molecule has 1 aliphatic heterocycles. The van der Waals surface area contributed by atoms with Gasteiger partial charge >= 0.3 is 0 Å². The van der Waals surface area contributed by atoms with Crippen LogP contribution in [-0.4, -0.2) is 24.5 Å². The third kappa shape index (κ3) is 12.5. The highest BCUT2D eigenvalue weighted by Gasteiger charge is 2.02. The quantitative estimate of drug-likeness (QED) is 0.506. The predicted molar refractivity (Wildman–Crippen MR) is 101 cm³/mol. The molecular formula is C21H43N. The Hall–Kier alpha value is -0.0400. The minimum Gasteiger partial charge on any atom is -0.304 e. The third-order valence-corrected chi connectivity index (χ3v) is 5.40. The third-order valence-electron chi connectivity index (χ3n) is 5.40. The Bertz CT molecular complexity index is 194. The molecule has 0 aliphatic carbocycles. The summed E-state index contributed by atoms with van der Waals surface area (Å²) in [6.07, 6.45) is 25.1. The molecule has 0 amide bonds. The zero-order valence-electron chi connectivity index (χ0n) is 15.6. The summed E-state index contributed by atoms with van der Waals surface area (Å²) < 4.78 is 0. The van der Waals surface area contributed by atoms with E-state index >= 15 is 0 Å². The van der Waals surface area contributed by atoms with Crippen molar-refractivity contribution >= 4 is 0 Å². The van der Waals surface area contributed by atoms with E-state index in [1.807, 2.05) is 0 Å². The van der Waals surface area contributed by atoms with E-state index in [9.17, 15) is 0 Å². The fraction of sp³-hybridized carbons (Fsp3) is 1.00. The molecule has 0 aromatic heterocycles. The van der Waals surface area contributed by atoms with Crippen LogP contribution in [0.5, 0.6) is 0 Å². The first kappa shape index (κ1) is 20.0. The standard InChI is InChI=1S/C21H43N/c1-2-22-20-18-16-14-12-10-8-6-4-3-5-7-9-11-13-15-17-19-21-22/h2-21H2,1H3. The first-order chi connectivity index (χ1) is 10.9. The van der Waals surface area contributed by atoms with Crippen LogP contribution in [0.25, 0.3) is 0 Å². The molecule has 22 heavy (non-hydrogen) atoms. The van der Waals surface area contributed by atoms with Crippen molar-refractivity contribution in [2.24, 2.45) is 0 Å². The lowest BCUT2D eigenvalue weighted by molar-refractivity contribution is 0.273. The zero-order valence-corrected chi connectivity index (χ0v) is 15.6. The van der Waals surface area contributed by atoms with Crippen LogP contribution >= 0.6 is 0 Å². The molecule has 0 saturated carbocycles. The summed E-state index contributed by atoms with van der Waals surface area (Å²) in [5.41, 5.74) is 0. The molecule has 0 atom stereocenters. The maximum Gasteiger partial charge on any atom is -0.00189 e. The lowest BCUT2D eigenvalue weighted by Gasteiger charge is -2.20. The van der Waals surface area contributed by atoms with Crippen LogP contribution in [0.4, 0.5) is 0 Å². The molecule has 1 saturated heterocycles. The lowest BCUT2D eigenvalue weighted by Crippen LogP contribution is -2.25. The first-order valence-electron chi connectivity index (χ1n) is 10.7. The molecule has 0 spiro atoms. The van der Waals surface area contributed by atoms with Gasteiger partial charge in [0.1, 0.15) is 0 Å². The van der Waals surface area contributed by atoms with Gasteiger partial charge in [0.15, 0.2) is 0 Å². The topological polar surface area (TPSA) is 3.24 Å². The summed E-state index contributed by atoms with van der Waals surface area (Å²) in [7, 11) is 0. The monoisotopic (exact) mass is 309 g/mol. The number of hydrogen-bond acceptors (Lipinski definition) is 1. The molecule has 1 heterocycles. The Balaban J connectivity index is 2.13. The van der Waals surface area contributed by atoms with Crippen molar-refractivity contribution < 1.29 is 0 Å². The van der Waals surface area contributed by atoms with Gasteiger partial charge in [-0.1, -0.05) is 103 Å². The average molecular weight is 310 g/mol. The number of hydrogen-bond donors (Lipinski definition) is 0. The van der Waals surface area contributed by atoms with E-state index in [0.717, 1.165) is 0 Å². The molecule has 1 fully saturated rings. The highest BCUT2D eigenvalue weighted by Crippen LogP contribution is 2.14. The maximum atomic E-state index is 2.68. The van der Waals surface area contributed by atoms with E-state index in [0.29, 0.717) is 0 Å². The van der Waals surface area contributed by atoms with E-state index in [2.05, 4.69) is 11.8 Å². The maximum absolute atomic E-state index is 2.68. The van der Waals surface area contributed by atoms with Gasteiger partial charge in [-0.3, -0.25) is 0 Å². The van der Waals surface area contributed by atoms with Gasteiger partial charge in [0.05, 0.1) is 0 Å². The second kappa shape index (κ2) is 15.8. The molecular weight excluding hydrogens is 266 g/mol. The average Bonchev–Trinajstić information content (AvgIpc) is 2.54. The Morgan fingerprint density at radius 3 is 0.864 bits per heavy atom. The molecule has 1 aliphatic rings. The van der Waals surface area contributed by atoms with Crippen LogP contribution in [-0.2, 0) is 0 Å². The Morgan fingerprint density at radius 2 is 0.636 bits per heavy atom. The van der Waals surface area contributed by atoms with Crippen LogP contribution in [0, 0.1) is 0 Å². The Morgan fingerprint density at radius 1 is 0.409 bits per heavy atom. The van der Waals surface area contributed by atoms with Crippen molar-refractivity contribution in [3.05, 3.63) is 0 Å². The van der Waals surface area contributed by atoms with Crippen LogP contribution < -0.4 is 0 Å². The van der Waals surface area contributed by atoms with Gasteiger partial charge in [0.25, 0.3) is 0 Å². The largest absolute Gasteiger partial charge is 0.304 e. The van der Waals surface area contributed by atoms with Crippen LogP contribution in [0.15, 0.2) is 0 Å². The second-order valence-electron chi connectivity index (χ2n) is 7.44. The highest BCUT2D eigenvalue weighted by atomic mass is 15.1. The summed E-state index contributed by atoms with van der Waals surface area (Å²) in [5.74, 6) is 0. The summed E-state index contributed by atoms with van der Waals surface area (Å²) in [6, 6.07) is 0. The molecule has 0 N–H and O–H groups in total. The fourth-order valence-corrected chi connectivity index (χ4v) is 3.75. The lowest BCUT2D eigenvalue weighted by atomic mass is 10.0. The van der Waals surface area contributed by atoms with Gasteiger partial charge in [-0.05, 0) is 32.5 Å². The Labute approximate surface area is 141 Å².